The number of likely N-dealkylation sites (tertiary alicyclic amines) is 1. The van der Waals surface area contributed by atoms with Crippen LogP contribution in [0.1, 0.15) is 24.2 Å². The van der Waals surface area contributed by atoms with Gasteiger partial charge in [0.15, 0.2) is 5.76 Å². The fourth-order valence-corrected chi connectivity index (χ4v) is 3.07. The molecule has 1 aliphatic heterocycles. The van der Waals surface area contributed by atoms with Crippen molar-refractivity contribution in [2.24, 2.45) is 5.92 Å². The number of amides is 2. The monoisotopic (exact) mass is 345 g/mol. The summed E-state index contributed by atoms with van der Waals surface area (Å²) in [4.78, 5) is 28.0. The molecule has 1 fully saturated rings. The van der Waals surface area contributed by atoms with Gasteiger partial charge >= 0.3 is 0 Å². The molecule has 132 valence electrons. The first-order valence-corrected chi connectivity index (χ1v) is 8.19. The second-order valence-electron chi connectivity index (χ2n) is 6.31. The Morgan fingerprint density at radius 2 is 2.28 bits per heavy atom. The lowest BCUT2D eigenvalue weighted by Crippen LogP contribution is -2.45. The van der Waals surface area contributed by atoms with Crippen LogP contribution < -0.4 is 0 Å². The summed E-state index contributed by atoms with van der Waals surface area (Å²) in [7, 11) is 1.71. The molecule has 2 heterocycles. The maximum atomic E-state index is 13.3. The molecule has 7 heteroatoms. The lowest BCUT2D eigenvalue weighted by atomic mass is 9.95. The zero-order valence-corrected chi connectivity index (χ0v) is 14.0. The fraction of sp³-hybridized carbons (Fsp3) is 0.389. The van der Waals surface area contributed by atoms with Gasteiger partial charge in [-0.15, -0.1) is 0 Å². The SMILES string of the molecule is CN(Cc1ccno1)C(=O)[C@H]1CCC(=O)N(Cc2cccc(F)c2)C1. The molecule has 2 amide bonds. The van der Waals surface area contributed by atoms with Crippen LogP contribution in [0.25, 0.3) is 0 Å². The predicted octanol–water partition coefficient (Wildman–Crippen LogP) is 2.21. The normalized spacial score (nSPS) is 17.6. The summed E-state index contributed by atoms with van der Waals surface area (Å²) in [6.07, 6.45) is 2.38. The van der Waals surface area contributed by atoms with Crippen LogP contribution in [-0.2, 0) is 22.7 Å². The van der Waals surface area contributed by atoms with Crippen molar-refractivity contribution in [1.29, 1.82) is 0 Å². The number of aromatic nitrogens is 1. The standard InChI is InChI=1S/C18H20FN3O3/c1-21(12-16-7-8-20-25-16)18(24)14-5-6-17(23)22(11-14)10-13-3-2-4-15(19)9-13/h2-4,7-9,14H,5-6,10-12H2,1H3/t14-/m0/s1. The molecule has 1 aromatic heterocycles. The lowest BCUT2D eigenvalue weighted by molar-refractivity contribution is -0.143. The molecular weight excluding hydrogens is 325 g/mol. The molecule has 1 aliphatic rings. The van der Waals surface area contributed by atoms with Crippen LogP contribution in [0.2, 0.25) is 0 Å². The fourth-order valence-electron chi connectivity index (χ4n) is 3.07. The third kappa shape index (κ3) is 4.23. The molecule has 0 spiro atoms. The van der Waals surface area contributed by atoms with Crippen molar-refractivity contribution in [3.63, 3.8) is 0 Å². The van der Waals surface area contributed by atoms with Gasteiger partial charge in [-0.05, 0) is 24.1 Å². The highest BCUT2D eigenvalue weighted by molar-refractivity contribution is 5.83. The molecule has 0 unspecified atom stereocenters. The summed E-state index contributed by atoms with van der Waals surface area (Å²) in [6.45, 7) is 0.994. The molecule has 0 N–H and O–H groups in total. The molecule has 6 nitrogen and oxygen atoms in total. The van der Waals surface area contributed by atoms with Crippen molar-refractivity contribution in [1.82, 2.24) is 15.0 Å². The van der Waals surface area contributed by atoms with Gasteiger partial charge in [-0.1, -0.05) is 17.3 Å². The summed E-state index contributed by atoms with van der Waals surface area (Å²) < 4.78 is 18.4. The molecule has 0 bridgehead atoms. The Bertz CT molecular complexity index is 748. The molecule has 1 aromatic carbocycles. The minimum Gasteiger partial charge on any atom is -0.360 e. The quantitative estimate of drug-likeness (QED) is 0.833. The third-order valence-corrected chi connectivity index (χ3v) is 4.37. The van der Waals surface area contributed by atoms with Crippen LogP contribution in [0.15, 0.2) is 41.1 Å². The molecule has 0 saturated carbocycles. The van der Waals surface area contributed by atoms with E-state index in [-0.39, 0.29) is 23.5 Å². The topological polar surface area (TPSA) is 66.7 Å². The zero-order chi connectivity index (χ0) is 17.8. The van der Waals surface area contributed by atoms with E-state index in [0.717, 1.165) is 5.56 Å². The number of nitrogens with zero attached hydrogens (tertiary/aromatic N) is 3. The Morgan fingerprint density at radius 3 is 3.00 bits per heavy atom. The van der Waals surface area contributed by atoms with Gasteiger partial charge in [0.05, 0.1) is 18.7 Å². The van der Waals surface area contributed by atoms with E-state index in [2.05, 4.69) is 5.16 Å². The first-order valence-electron chi connectivity index (χ1n) is 8.19. The molecule has 1 atom stereocenters. The van der Waals surface area contributed by atoms with Crippen molar-refractivity contribution in [3.05, 3.63) is 53.7 Å². The van der Waals surface area contributed by atoms with Crippen molar-refractivity contribution in [2.75, 3.05) is 13.6 Å². The number of halogens is 1. The van der Waals surface area contributed by atoms with Gasteiger partial charge in [-0.3, -0.25) is 9.59 Å². The van der Waals surface area contributed by atoms with Gasteiger partial charge in [0.25, 0.3) is 0 Å². The van der Waals surface area contributed by atoms with E-state index in [1.54, 1.807) is 35.0 Å². The van der Waals surface area contributed by atoms with Crippen LogP contribution in [0, 0.1) is 11.7 Å². The average Bonchev–Trinajstić information content (AvgIpc) is 3.09. The van der Waals surface area contributed by atoms with Crippen molar-refractivity contribution < 1.29 is 18.5 Å². The number of rotatable bonds is 5. The van der Waals surface area contributed by atoms with Gasteiger partial charge in [0.2, 0.25) is 11.8 Å². The van der Waals surface area contributed by atoms with E-state index in [1.165, 1.54) is 18.3 Å². The minimum absolute atomic E-state index is 0.00815. The van der Waals surface area contributed by atoms with Crippen molar-refractivity contribution >= 4 is 11.8 Å². The van der Waals surface area contributed by atoms with E-state index in [4.69, 9.17) is 4.52 Å². The largest absolute Gasteiger partial charge is 0.360 e. The first kappa shape index (κ1) is 17.1. The lowest BCUT2D eigenvalue weighted by Gasteiger charge is -2.33. The Morgan fingerprint density at radius 1 is 1.44 bits per heavy atom. The van der Waals surface area contributed by atoms with E-state index in [1.807, 2.05) is 0 Å². The highest BCUT2D eigenvalue weighted by Gasteiger charge is 2.32. The maximum absolute atomic E-state index is 13.3. The highest BCUT2D eigenvalue weighted by Crippen LogP contribution is 2.22. The van der Waals surface area contributed by atoms with Gasteiger partial charge in [0, 0.05) is 32.6 Å². The number of hydrogen-bond acceptors (Lipinski definition) is 4. The van der Waals surface area contributed by atoms with Crippen LogP contribution in [-0.4, -0.2) is 40.4 Å². The Labute approximate surface area is 145 Å². The van der Waals surface area contributed by atoms with E-state index in [9.17, 15) is 14.0 Å². The van der Waals surface area contributed by atoms with Crippen LogP contribution in [0.4, 0.5) is 4.39 Å². The highest BCUT2D eigenvalue weighted by atomic mass is 19.1. The number of carbonyl (C=O) groups is 2. The second kappa shape index (κ2) is 7.46. The summed E-state index contributed by atoms with van der Waals surface area (Å²) in [5.74, 6) is -0.0285. The number of piperidine rings is 1. The summed E-state index contributed by atoms with van der Waals surface area (Å²) in [5.41, 5.74) is 0.719. The van der Waals surface area contributed by atoms with Crippen molar-refractivity contribution in [2.45, 2.75) is 25.9 Å². The van der Waals surface area contributed by atoms with E-state index < -0.39 is 0 Å². The molecule has 3 rings (SSSR count). The Kier molecular flexibility index (Phi) is 5.11. The molecule has 0 radical (unpaired) electrons. The Balaban J connectivity index is 1.63. The number of hydrogen-bond donors (Lipinski definition) is 0. The maximum Gasteiger partial charge on any atom is 0.227 e. The second-order valence-corrected chi connectivity index (χ2v) is 6.31. The number of carbonyl (C=O) groups excluding carboxylic acids is 2. The summed E-state index contributed by atoms with van der Waals surface area (Å²) in [5, 5.41) is 3.63. The molecule has 25 heavy (non-hydrogen) atoms. The van der Waals surface area contributed by atoms with Gasteiger partial charge in [-0.2, -0.15) is 0 Å². The smallest absolute Gasteiger partial charge is 0.227 e. The molecular formula is C18H20FN3O3. The van der Waals surface area contributed by atoms with Crippen LogP contribution in [0.3, 0.4) is 0 Å². The van der Waals surface area contributed by atoms with Gasteiger partial charge in [0.1, 0.15) is 5.82 Å². The molecule has 2 aromatic rings. The summed E-state index contributed by atoms with van der Waals surface area (Å²) >= 11 is 0. The Hall–Kier alpha value is -2.70. The van der Waals surface area contributed by atoms with Crippen molar-refractivity contribution in [3.8, 4) is 0 Å². The van der Waals surface area contributed by atoms with E-state index >= 15 is 0 Å². The molecule has 0 aliphatic carbocycles. The van der Waals surface area contributed by atoms with Gasteiger partial charge in [-0.25, -0.2) is 4.39 Å². The van der Waals surface area contributed by atoms with Crippen LogP contribution >= 0.6 is 0 Å². The zero-order valence-electron chi connectivity index (χ0n) is 14.0. The average molecular weight is 345 g/mol. The van der Waals surface area contributed by atoms with Crippen LogP contribution in [0.5, 0.6) is 0 Å². The first-order chi connectivity index (χ1) is 12.0. The minimum atomic E-state index is -0.332. The third-order valence-electron chi connectivity index (χ3n) is 4.37. The predicted molar refractivity (Wildman–Crippen MR) is 87.5 cm³/mol. The van der Waals surface area contributed by atoms with E-state index in [0.29, 0.717) is 38.2 Å². The number of benzene rings is 1. The molecule has 1 saturated heterocycles. The summed E-state index contributed by atoms with van der Waals surface area (Å²) in [6, 6.07) is 7.89. The van der Waals surface area contributed by atoms with Gasteiger partial charge < -0.3 is 14.3 Å².